The van der Waals surface area contributed by atoms with E-state index < -0.39 is 17.7 Å². The number of nitrogens with zero attached hydrogens (tertiary/aromatic N) is 5. The number of benzene rings is 3. The van der Waals surface area contributed by atoms with Crippen molar-refractivity contribution in [2.24, 2.45) is 7.05 Å². The molecule has 3 aromatic carbocycles. The summed E-state index contributed by atoms with van der Waals surface area (Å²) in [5, 5.41) is 14.7. The topological polar surface area (TPSA) is 110 Å². The molecule has 2 fully saturated rings. The van der Waals surface area contributed by atoms with Gasteiger partial charge in [0, 0.05) is 29.3 Å². The summed E-state index contributed by atoms with van der Waals surface area (Å²) < 4.78 is 29.2. The smallest absolute Gasteiger partial charge is 0.337 e. The third-order valence-corrected chi connectivity index (χ3v) is 9.86. The lowest BCUT2D eigenvalue weighted by Crippen LogP contribution is -2.46. The zero-order chi connectivity index (χ0) is 33.3. The normalized spacial score (nSPS) is 18.6. The zero-order valence-corrected chi connectivity index (χ0v) is 27.1. The van der Waals surface area contributed by atoms with Gasteiger partial charge in [-0.2, -0.15) is 5.10 Å². The molecule has 2 aromatic heterocycles. The van der Waals surface area contributed by atoms with Crippen LogP contribution in [0.3, 0.4) is 0 Å². The van der Waals surface area contributed by atoms with Crippen molar-refractivity contribution in [2.75, 3.05) is 24.8 Å². The van der Waals surface area contributed by atoms with E-state index in [1.807, 2.05) is 25.4 Å². The molecule has 5 heterocycles. The number of ether oxygens (including phenoxy) is 2. The lowest BCUT2D eigenvalue weighted by atomic mass is 9.96. The quantitative estimate of drug-likeness (QED) is 0.215. The largest absolute Gasteiger partial charge is 0.478 e. The Balaban J connectivity index is 1.09. The standard InChI is InChI=1S/C35H28Cl2FN5O5/c1-41-14-30-29(40-41)8-7-28(39-30)19-9-25(36)32(26(37)10-19)34(44)42-13-18-3-2-4-22(33(18)48-17-42)23-12-31(24(35(45)46)11-27(23)38)43-20-5-6-21(43)16-47-15-20/h2-4,7-12,14,20-21H,5-6,13,15-17H2,1H3,(H,45,46). The van der Waals surface area contributed by atoms with Crippen LogP contribution in [0.1, 0.15) is 39.1 Å². The number of morpholine rings is 1. The molecular weight excluding hydrogens is 660 g/mol. The molecule has 2 unspecified atom stereocenters. The van der Waals surface area contributed by atoms with E-state index in [4.69, 9.17) is 32.7 Å². The third-order valence-electron chi connectivity index (χ3n) is 9.26. The van der Waals surface area contributed by atoms with E-state index in [1.165, 1.54) is 4.90 Å². The molecule has 3 aliphatic rings. The van der Waals surface area contributed by atoms with Crippen LogP contribution in [0.5, 0.6) is 5.75 Å². The second-order valence-corrected chi connectivity index (χ2v) is 13.1. The second-order valence-electron chi connectivity index (χ2n) is 12.3. The number of amides is 1. The number of pyridine rings is 1. The summed E-state index contributed by atoms with van der Waals surface area (Å²) in [6.45, 7) is 1.01. The summed E-state index contributed by atoms with van der Waals surface area (Å²) in [5.41, 5.74) is 4.59. The van der Waals surface area contributed by atoms with E-state index in [0.717, 1.165) is 24.4 Å². The van der Waals surface area contributed by atoms with Crippen LogP contribution in [0.15, 0.2) is 60.8 Å². The molecular formula is C35H28Cl2FN5O5. The van der Waals surface area contributed by atoms with E-state index in [9.17, 15) is 14.7 Å². The van der Waals surface area contributed by atoms with Crippen molar-refractivity contribution < 1.29 is 28.6 Å². The van der Waals surface area contributed by atoms with Crippen molar-refractivity contribution >= 4 is 51.8 Å². The number of anilines is 1. The highest BCUT2D eigenvalue weighted by atomic mass is 35.5. The Bertz CT molecular complexity index is 2120. The van der Waals surface area contributed by atoms with Crippen molar-refractivity contribution in [3.8, 4) is 28.1 Å². The Morgan fingerprint density at radius 1 is 0.979 bits per heavy atom. The van der Waals surface area contributed by atoms with Crippen LogP contribution in [-0.4, -0.2) is 68.7 Å². The number of hydrogen-bond acceptors (Lipinski definition) is 7. The highest BCUT2D eigenvalue weighted by molar-refractivity contribution is 6.40. The van der Waals surface area contributed by atoms with Crippen LogP contribution in [0, 0.1) is 5.82 Å². The fourth-order valence-electron chi connectivity index (χ4n) is 7.06. The number of rotatable bonds is 5. The molecule has 5 aromatic rings. The van der Waals surface area contributed by atoms with Gasteiger partial charge in [-0.15, -0.1) is 0 Å². The Labute approximate surface area is 284 Å². The molecule has 10 nitrogen and oxygen atoms in total. The molecule has 13 heteroatoms. The maximum atomic E-state index is 15.7. The number of para-hydroxylation sites is 1. The van der Waals surface area contributed by atoms with Crippen molar-refractivity contribution in [3.63, 3.8) is 0 Å². The van der Waals surface area contributed by atoms with E-state index in [0.29, 0.717) is 52.6 Å². The summed E-state index contributed by atoms with van der Waals surface area (Å²) in [6, 6.07) is 15.0. The first-order valence-corrected chi connectivity index (χ1v) is 16.2. The predicted octanol–water partition coefficient (Wildman–Crippen LogP) is 6.81. The number of aryl methyl sites for hydroxylation is 1. The average molecular weight is 689 g/mol. The molecule has 1 amide bonds. The zero-order valence-electron chi connectivity index (χ0n) is 25.6. The summed E-state index contributed by atoms with van der Waals surface area (Å²) >= 11 is 13.3. The van der Waals surface area contributed by atoms with Gasteiger partial charge in [0.2, 0.25) is 0 Å². The number of carbonyl (C=O) groups excluding carboxylic acids is 1. The van der Waals surface area contributed by atoms with Gasteiger partial charge >= 0.3 is 5.97 Å². The second kappa shape index (κ2) is 11.8. The van der Waals surface area contributed by atoms with Crippen molar-refractivity contribution in [3.05, 3.63) is 93.3 Å². The minimum atomic E-state index is -1.20. The first-order valence-electron chi connectivity index (χ1n) is 15.4. The lowest BCUT2D eigenvalue weighted by molar-refractivity contribution is 0.0516. The number of carbonyl (C=O) groups is 2. The highest BCUT2D eigenvalue weighted by Gasteiger charge is 2.40. The number of carboxylic acid groups (broad SMARTS) is 1. The van der Waals surface area contributed by atoms with E-state index >= 15 is 4.39 Å². The van der Waals surface area contributed by atoms with Gasteiger partial charge < -0.3 is 24.4 Å². The summed E-state index contributed by atoms with van der Waals surface area (Å²) in [7, 11) is 1.82. The molecule has 244 valence electrons. The molecule has 0 aliphatic carbocycles. The van der Waals surface area contributed by atoms with Gasteiger partial charge in [0.1, 0.15) is 22.6 Å². The maximum absolute atomic E-state index is 15.7. The van der Waals surface area contributed by atoms with E-state index in [-0.39, 0.29) is 52.1 Å². The molecule has 48 heavy (non-hydrogen) atoms. The summed E-state index contributed by atoms with van der Waals surface area (Å²) in [5.74, 6) is -1.88. The fourth-order valence-corrected chi connectivity index (χ4v) is 7.71. The average Bonchev–Trinajstić information content (AvgIpc) is 3.56. The van der Waals surface area contributed by atoms with Crippen molar-refractivity contribution in [1.82, 2.24) is 19.7 Å². The van der Waals surface area contributed by atoms with Gasteiger partial charge in [0.05, 0.1) is 70.6 Å². The number of hydrogen-bond donors (Lipinski definition) is 1. The minimum Gasteiger partial charge on any atom is -0.478 e. The SMILES string of the molecule is Cn1cc2nc(-c3cc(Cl)c(C(=O)N4COc5c(cccc5-c5cc(N6C7CCC6COC7)c(C(=O)O)cc5F)C4)c(Cl)c3)ccc2n1. The van der Waals surface area contributed by atoms with Gasteiger partial charge in [0.25, 0.3) is 5.91 Å². The fraction of sp³-hybridized carbons (Fsp3) is 0.257. The molecule has 3 aliphatic heterocycles. The summed E-state index contributed by atoms with van der Waals surface area (Å²) in [4.78, 5) is 34.2. The van der Waals surface area contributed by atoms with Gasteiger partial charge in [0.15, 0.2) is 6.73 Å². The maximum Gasteiger partial charge on any atom is 0.337 e. The van der Waals surface area contributed by atoms with Crippen LogP contribution in [0.4, 0.5) is 10.1 Å². The van der Waals surface area contributed by atoms with E-state index in [2.05, 4.69) is 15.0 Å². The van der Waals surface area contributed by atoms with Crippen LogP contribution in [0.25, 0.3) is 33.4 Å². The Morgan fingerprint density at radius 3 is 2.46 bits per heavy atom. The van der Waals surface area contributed by atoms with Gasteiger partial charge in [-0.3, -0.25) is 9.48 Å². The van der Waals surface area contributed by atoms with Crippen molar-refractivity contribution in [1.29, 1.82) is 0 Å². The third kappa shape index (κ3) is 5.13. The monoisotopic (exact) mass is 687 g/mol. The van der Waals surface area contributed by atoms with Crippen LogP contribution >= 0.6 is 23.2 Å². The molecule has 2 bridgehead atoms. The lowest BCUT2D eigenvalue weighted by Gasteiger charge is -2.37. The Hall–Kier alpha value is -4.71. The number of aromatic nitrogens is 3. The number of fused-ring (bicyclic) bond motifs is 4. The molecule has 8 rings (SSSR count). The Kier molecular flexibility index (Phi) is 7.50. The molecule has 0 radical (unpaired) electrons. The number of aromatic carboxylic acids is 1. The first-order chi connectivity index (χ1) is 23.2. The minimum absolute atomic E-state index is 0.0227. The first kappa shape index (κ1) is 30.6. The molecule has 0 saturated carbocycles. The number of carboxylic acids is 1. The molecule has 2 saturated heterocycles. The highest BCUT2D eigenvalue weighted by Crippen LogP contribution is 2.43. The molecule has 1 N–H and O–H groups in total. The van der Waals surface area contributed by atoms with Crippen LogP contribution in [0.2, 0.25) is 10.0 Å². The number of halogens is 3. The summed E-state index contributed by atoms with van der Waals surface area (Å²) in [6.07, 6.45) is 3.56. The van der Waals surface area contributed by atoms with Crippen LogP contribution < -0.4 is 9.64 Å². The van der Waals surface area contributed by atoms with Crippen LogP contribution in [-0.2, 0) is 18.3 Å². The van der Waals surface area contributed by atoms with Gasteiger partial charge in [-0.25, -0.2) is 14.2 Å². The molecule has 2 atom stereocenters. The molecule has 0 spiro atoms. The van der Waals surface area contributed by atoms with Crippen molar-refractivity contribution in [2.45, 2.75) is 31.5 Å². The Morgan fingerprint density at radius 2 is 1.73 bits per heavy atom. The predicted molar refractivity (Wildman–Crippen MR) is 178 cm³/mol. The van der Waals surface area contributed by atoms with E-state index in [1.54, 1.807) is 41.1 Å². The van der Waals surface area contributed by atoms with Gasteiger partial charge in [-0.05, 0) is 49.2 Å². The van der Waals surface area contributed by atoms with Gasteiger partial charge in [-0.1, -0.05) is 41.4 Å².